The van der Waals surface area contributed by atoms with E-state index in [0.29, 0.717) is 16.3 Å². The molecule has 106 valence electrons. The van der Waals surface area contributed by atoms with Crippen molar-refractivity contribution < 1.29 is 9.84 Å². The van der Waals surface area contributed by atoms with E-state index in [4.69, 9.17) is 16.3 Å². The van der Waals surface area contributed by atoms with Crippen molar-refractivity contribution in [1.29, 1.82) is 0 Å². The lowest BCUT2D eigenvalue weighted by Crippen LogP contribution is -2.49. The largest absolute Gasteiger partial charge is 0.485 e. The van der Waals surface area contributed by atoms with Crippen molar-refractivity contribution >= 4 is 11.6 Å². The van der Waals surface area contributed by atoms with E-state index in [1.54, 1.807) is 49.6 Å². The monoisotopic (exact) mass is 291 g/mol. The molecule has 2 rings (SSSR count). The number of nitrogens with zero attached hydrogens (tertiary/aromatic N) is 1. The molecule has 0 aliphatic heterocycles. The summed E-state index contributed by atoms with van der Waals surface area (Å²) >= 11 is 5.86. The van der Waals surface area contributed by atoms with E-state index in [2.05, 4.69) is 4.98 Å². The van der Waals surface area contributed by atoms with E-state index in [1.165, 1.54) is 0 Å². The second kappa shape index (κ2) is 5.43. The highest BCUT2D eigenvalue weighted by molar-refractivity contribution is 6.30. The van der Waals surface area contributed by atoms with Crippen molar-refractivity contribution in [3.63, 3.8) is 0 Å². The zero-order chi connectivity index (χ0) is 14.8. The Balaban J connectivity index is 2.27. The van der Waals surface area contributed by atoms with Crippen LogP contribution in [0.25, 0.3) is 0 Å². The predicted molar refractivity (Wildman–Crippen MR) is 80.0 cm³/mol. The number of halogens is 1. The number of rotatable bonds is 4. The highest BCUT2D eigenvalue weighted by Gasteiger charge is 2.43. The summed E-state index contributed by atoms with van der Waals surface area (Å²) in [4.78, 5) is 4.05. The van der Waals surface area contributed by atoms with Crippen LogP contribution >= 0.6 is 11.6 Å². The van der Waals surface area contributed by atoms with E-state index >= 15 is 0 Å². The molecule has 0 radical (unpaired) electrons. The van der Waals surface area contributed by atoms with Gasteiger partial charge in [0.05, 0.1) is 0 Å². The first-order chi connectivity index (χ1) is 9.33. The van der Waals surface area contributed by atoms with Crippen LogP contribution in [0.2, 0.25) is 5.02 Å². The van der Waals surface area contributed by atoms with Gasteiger partial charge >= 0.3 is 0 Å². The lowest BCUT2D eigenvalue weighted by atomic mass is 9.82. The standard InChI is InChI=1S/C16H18ClNO2/c1-15(2,20-14-8-6-13(17)7-9-14)16(3,19)12-5-4-10-18-11-12/h4-11,19H,1-3H3. The Morgan fingerprint density at radius 1 is 1.10 bits per heavy atom. The van der Waals surface area contributed by atoms with E-state index in [1.807, 2.05) is 19.9 Å². The van der Waals surface area contributed by atoms with Crippen LogP contribution in [0.5, 0.6) is 5.75 Å². The molecule has 0 aliphatic carbocycles. The number of ether oxygens (including phenoxy) is 1. The fourth-order valence-corrected chi connectivity index (χ4v) is 2.02. The van der Waals surface area contributed by atoms with Gasteiger partial charge in [0.15, 0.2) is 0 Å². The quantitative estimate of drug-likeness (QED) is 0.931. The second-order valence-corrected chi connectivity index (χ2v) is 5.82. The van der Waals surface area contributed by atoms with Crippen LogP contribution < -0.4 is 4.74 Å². The van der Waals surface area contributed by atoms with Gasteiger partial charge in [0.25, 0.3) is 0 Å². The van der Waals surface area contributed by atoms with Gasteiger partial charge < -0.3 is 9.84 Å². The van der Waals surface area contributed by atoms with Crippen LogP contribution in [0, 0.1) is 0 Å². The van der Waals surface area contributed by atoms with Gasteiger partial charge in [0, 0.05) is 23.0 Å². The average Bonchev–Trinajstić information content (AvgIpc) is 2.42. The summed E-state index contributed by atoms with van der Waals surface area (Å²) in [6, 6.07) is 10.7. The summed E-state index contributed by atoms with van der Waals surface area (Å²) in [6.07, 6.45) is 3.32. The van der Waals surface area contributed by atoms with Crippen LogP contribution in [0.1, 0.15) is 26.3 Å². The molecule has 1 N–H and O–H groups in total. The summed E-state index contributed by atoms with van der Waals surface area (Å²) in [5.74, 6) is 0.656. The number of hydrogen-bond donors (Lipinski definition) is 1. The van der Waals surface area contributed by atoms with Crippen molar-refractivity contribution in [1.82, 2.24) is 4.98 Å². The molecule has 4 heteroatoms. The normalized spacial score (nSPS) is 14.7. The van der Waals surface area contributed by atoms with Gasteiger partial charge in [-0.15, -0.1) is 0 Å². The highest BCUT2D eigenvalue weighted by Crippen LogP contribution is 2.36. The Hall–Kier alpha value is -1.58. The Kier molecular flexibility index (Phi) is 4.02. The number of benzene rings is 1. The lowest BCUT2D eigenvalue weighted by Gasteiger charge is -2.40. The zero-order valence-corrected chi connectivity index (χ0v) is 12.6. The van der Waals surface area contributed by atoms with E-state index in [0.717, 1.165) is 0 Å². The third-order valence-corrected chi connectivity index (χ3v) is 3.83. The van der Waals surface area contributed by atoms with Gasteiger partial charge in [-0.25, -0.2) is 0 Å². The summed E-state index contributed by atoms with van der Waals surface area (Å²) in [5.41, 5.74) is -1.30. The number of aliphatic hydroxyl groups is 1. The van der Waals surface area contributed by atoms with Gasteiger partial charge in [-0.1, -0.05) is 17.7 Å². The molecule has 1 heterocycles. The molecule has 0 saturated heterocycles. The van der Waals surface area contributed by atoms with Crippen molar-refractivity contribution in [2.75, 3.05) is 0 Å². The zero-order valence-electron chi connectivity index (χ0n) is 11.8. The maximum Gasteiger partial charge on any atom is 0.136 e. The number of hydrogen-bond acceptors (Lipinski definition) is 3. The minimum atomic E-state index is -1.18. The molecular formula is C16H18ClNO2. The summed E-state index contributed by atoms with van der Waals surface area (Å²) in [5, 5.41) is 11.5. The Bertz CT molecular complexity index is 565. The van der Waals surface area contributed by atoms with Gasteiger partial charge in [-0.05, 0) is 51.1 Å². The van der Waals surface area contributed by atoms with Crippen LogP contribution in [0.4, 0.5) is 0 Å². The SMILES string of the molecule is CC(C)(Oc1ccc(Cl)cc1)C(C)(O)c1cccnc1. The molecule has 0 fully saturated rings. The van der Waals surface area contributed by atoms with Crippen LogP contribution in [-0.2, 0) is 5.60 Å². The Morgan fingerprint density at radius 2 is 1.75 bits per heavy atom. The van der Waals surface area contributed by atoms with Crippen LogP contribution in [0.3, 0.4) is 0 Å². The molecular weight excluding hydrogens is 274 g/mol. The maximum absolute atomic E-state index is 10.8. The van der Waals surface area contributed by atoms with Gasteiger partial charge in [0.1, 0.15) is 17.0 Å². The summed E-state index contributed by atoms with van der Waals surface area (Å²) in [6.45, 7) is 5.41. The van der Waals surface area contributed by atoms with Crippen molar-refractivity contribution in [3.8, 4) is 5.75 Å². The first-order valence-corrected chi connectivity index (χ1v) is 6.78. The Labute approximate surface area is 124 Å². The molecule has 2 aromatic rings. The topological polar surface area (TPSA) is 42.4 Å². The molecule has 1 aromatic carbocycles. The van der Waals surface area contributed by atoms with Crippen molar-refractivity contribution in [2.45, 2.75) is 32.0 Å². The van der Waals surface area contributed by atoms with Gasteiger partial charge in [-0.2, -0.15) is 0 Å². The summed E-state index contributed by atoms with van der Waals surface area (Å²) < 4.78 is 5.94. The molecule has 0 spiro atoms. The smallest absolute Gasteiger partial charge is 0.136 e. The molecule has 0 saturated carbocycles. The average molecular weight is 292 g/mol. The van der Waals surface area contributed by atoms with Gasteiger partial charge in [-0.3, -0.25) is 4.98 Å². The fourth-order valence-electron chi connectivity index (χ4n) is 1.89. The van der Waals surface area contributed by atoms with Gasteiger partial charge in [0.2, 0.25) is 0 Å². The lowest BCUT2D eigenvalue weighted by molar-refractivity contribution is -0.109. The molecule has 1 atom stereocenters. The van der Waals surface area contributed by atoms with Crippen molar-refractivity contribution in [2.24, 2.45) is 0 Å². The van der Waals surface area contributed by atoms with E-state index < -0.39 is 11.2 Å². The van der Waals surface area contributed by atoms with E-state index in [9.17, 15) is 5.11 Å². The Morgan fingerprint density at radius 3 is 2.30 bits per heavy atom. The van der Waals surface area contributed by atoms with Crippen LogP contribution in [-0.4, -0.2) is 15.7 Å². The fraction of sp³-hybridized carbons (Fsp3) is 0.312. The minimum absolute atomic E-state index is 0.647. The van der Waals surface area contributed by atoms with Crippen molar-refractivity contribution in [3.05, 3.63) is 59.4 Å². The van der Waals surface area contributed by atoms with E-state index in [-0.39, 0.29) is 0 Å². The second-order valence-electron chi connectivity index (χ2n) is 5.38. The molecule has 0 bridgehead atoms. The third kappa shape index (κ3) is 2.94. The maximum atomic E-state index is 10.8. The number of aromatic nitrogens is 1. The molecule has 20 heavy (non-hydrogen) atoms. The third-order valence-electron chi connectivity index (χ3n) is 3.58. The highest BCUT2D eigenvalue weighted by atomic mass is 35.5. The summed E-state index contributed by atoms with van der Waals surface area (Å²) in [7, 11) is 0. The minimum Gasteiger partial charge on any atom is -0.485 e. The molecule has 1 unspecified atom stereocenters. The molecule has 0 amide bonds. The van der Waals surface area contributed by atoms with Crippen LogP contribution in [0.15, 0.2) is 48.8 Å². The molecule has 3 nitrogen and oxygen atoms in total. The first kappa shape index (κ1) is 14.8. The molecule has 1 aromatic heterocycles. The number of pyridine rings is 1. The first-order valence-electron chi connectivity index (χ1n) is 6.40. The molecule has 0 aliphatic rings. The predicted octanol–water partition coefficient (Wildman–Crippen LogP) is 3.80.